The zero-order chi connectivity index (χ0) is 14.5. The summed E-state index contributed by atoms with van der Waals surface area (Å²) < 4.78 is 11.6. The van der Waals surface area contributed by atoms with Crippen LogP contribution in [0.3, 0.4) is 0 Å². The van der Waals surface area contributed by atoms with E-state index in [4.69, 9.17) is 14.7 Å². The molecule has 2 aromatic carbocycles. The fraction of sp³-hybridized carbons (Fsp3) is 0.0667. The van der Waals surface area contributed by atoms with Crippen LogP contribution in [0.1, 0.15) is 15.9 Å². The predicted molar refractivity (Wildman–Crippen MR) is 77.3 cm³/mol. The minimum absolute atomic E-state index is 0.409. The normalized spacial score (nSPS) is 9.65. The maximum Gasteiger partial charge on any atom is 0.153 e. The molecule has 100 valence electrons. The molecule has 0 amide bonds. The van der Waals surface area contributed by atoms with Crippen LogP contribution in [0.2, 0.25) is 0 Å². The Kier molecular flexibility index (Phi) is 4.38. The lowest BCUT2D eigenvalue weighted by atomic mass is 10.2. The van der Waals surface area contributed by atoms with Crippen molar-refractivity contribution in [3.05, 3.63) is 52.0 Å². The highest BCUT2D eigenvalue weighted by Gasteiger charge is 2.08. The average molecular weight is 332 g/mol. The fourth-order valence-electron chi connectivity index (χ4n) is 1.63. The summed E-state index contributed by atoms with van der Waals surface area (Å²) in [4.78, 5) is 11.0. The predicted octanol–water partition coefficient (Wildman–Crippen LogP) is 3.93. The molecule has 0 spiro atoms. The number of ether oxygens (including phenoxy) is 2. The van der Waals surface area contributed by atoms with Gasteiger partial charge in [0.15, 0.2) is 6.29 Å². The highest BCUT2D eigenvalue weighted by Crippen LogP contribution is 2.30. The number of aldehydes is 1. The molecule has 0 saturated carbocycles. The van der Waals surface area contributed by atoms with Gasteiger partial charge in [0.25, 0.3) is 0 Å². The number of rotatable bonds is 4. The van der Waals surface area contributed by atoms with Crippen molar-refractivity contribution >= 4 is 22.2 Å². The Morgan fingerprint density at radius 3 is 2.60 bits per heavy atom. The molecule has 0 N–H and O–H groups in total. The smallest absolute Gasteiger partial charge is 0.153 e. The van der Waals surface area contributed by atoms with Gasteiger partial charge in [-0.15, -0.1) is 0 Å². The van der Waals surface area contributed by atoms with Gasteiger partial charge in [-0.25, -0.2) is 0 Å². The first kappa shape index (κ1) is 14.1. The molecule has 0 aliphatic carbocycles. The number of halogens is 1. The highest BCUT2D eigenvalue weighted by atomic mass is 79.9. The molecule has 0 unspecified atom stereocenters. The minimum atomic E-state index is 0.409. The van der Waals surface area contributed by atoms with Crippen molar-refractivity contribution < 1.29 is 14.3 Å². The second-order valence-electron chi connectivity index (χ2n) is 3.91. The zero-order valence-corrected chi connectivity index (χ0v) is 12.2. The van der Waals surface area contributed by atoms with E-state index in [0.717, 1.165) is 4.47 Å². The number of carbonyl (C=O) groups excluding carboxylic acids is 1. The molecule has 2 aromatic rings. The average Bonchev–Trinajstić information content (AvgIpc) is 2.47. The maximum atomic E-state index is 11.0. The Morgan fingerprint density at radius 1 is 1.20 bits per heavy atom. The zero-order valence-electron chi connectivity index (χ0n) is 10.6. The third kappa shape index (κ3) is 3.16. The summed E-state index contributed by atoms with van der Waals surface area (Å²) in [6.07, 6.45) is 0.715. The molecule has 20 heavy (non-hydrogen) atoms. The Bertz CT molecular complexity index is 692. The molecule has 0 aliphatic heterocycles. The van der Waals surface area contributed by atoms with Crippen molar-refractivity contribution in [2.75, 3.05) is 7.11 Å². The van der Waals surface area contributed by atoms with Gasteiger partial charge in [-0.05, 0) is 30.3 Å². The molecule has 2 rings (SSSR count). The summed E-state index contributed by atoms with van der Waals surface area (Å²) in [5.74, 6) is 1.36. The van der Waals surface area contributed by atoms with Gasteiger partial charge in [0.1, 0.15) is 17.2 Å². The van der Waals surface area contributed by atoms with Gasteiger partial charge < -0.3 is 9.47 Å². The van der Waals surface area contributed by atoms with Crippen molar-refractivity contribution in [3.63, 3.8) is 0 Å². The van der Waals surface area contributed by atoms with E-state index >= 15 is 0 Å². The van der Waals surface area contributed by atoms with Crippen molar-refractivity contribution in [2.45, 2.75) is 0 Å². The SMILES string of the molecule is COc1cc(C#N)cc(Oc2cc(Br)ccc2C=O)c1. The Labute approximate surface area is 124 Å². The van der Waals surface area contributed by atoms with E-state index in [1.54, 1.807) is 36.4 Å². The monoisotopic (exact) mass is 331 g/mol. The van der Waals surface area contributed by atoms with E-state index in [1.165, 1.54) is 7.11 Å². The number of nitriles is 1. The van der Waals surface area contributed by atoms with E-state index in [9.17, 15) is 4.79 Å². The molecular weight excluding hydrogens is 322 g/mol. The lowest BCUT2D eigenvalue weighted by Gasteiger charge is -2.10. The van der Waals surface area contributed by atoms with Gasteiger partial charge in [-0.1, -0.05) is 15.9 Å². The van der Waals surface area contributed by atoms with Crippen LogP contribution in [0.15, 0.2) is 40.9 Å². The molecule has 0 aliphatic rings. The molecule has 0 radical (unpaired) electrons. The summed E-state index contributed by atoms with van der Waals surface area (Å²) in [6, 6.07) is 12.0. The third-order valence-electron chi connectivity index (χ3n) is 2.58. The first-order valence-electron chi connectivity index (χ1n) is 5.68. The van der Waals surface area contributed by atoms with Crippen LogP contribution >= 0.6 is 15.9 Å². The van der Waals surface area contributed by atoms with Crippen LogP contribution in [0.25, 0.3) is 0 Å². The number of hydrogen-bond donors (Lipinski definition) is 0. The lowest BCUT2D eigenvalue weighted by molar-refractivity contribution is 0.112. The minimum Gasteiger partial charge on any atom is -0.497 e. The number of nitrogens with zero attached hydrogens (tertiary/aromatic N) is 1. The van der Waals surface area contributed by atoms with Crippen molar-refractivity contribution in [3.8, 4) is 23.3 Å². The first-order chi connectivity index (χ1) is 9.66. The van der Waals surface area contributed by atoms with E-state index < -0.39 is 0 Å². The van der Waals surface area contributed by atoms with Crippen molar-refractivity contribution in [2.24, 2.45) is 0 Å². The van der Waals surface area contributed by atoms with Gasteiger partial charge in [0.2, 0.25) is 0 Å². The van der Waals surface area contributed by atoms with Crippen LogP contribution in [-0.4, -0.2) is 13.4 Å². The molecule has 0 atom stereocenters. The second kappa shape index (κ2) is 6.22. The molecule has 0 heterocycles. The number of benzene rings is 2. The van der Waals surface area contributed by atoms with E-state index in [2.05, 4.69) is 15.9 Å². The maximum absolute atomic E-state index is 11.0. The van der Waals surface area contributed by atoms with E-state index in [0.29, 0.717) is 34.7 Å². The van der Waals surface area contributed by atoms with Crippen LogP contribution in [0.4, 0.5) is 0 Å². The quantitative estimate of drug-likeness (QED) is 0.796. The molecular formula is C15H10BrNO3. The van der Waals surface area contributed by atoms with Crippen molar-refractivity contribution in [1.29, 1.82) is 5.26 Å². The summed E-state index contributed by atoms with van der Waals surface area (Å²) >= 11 is 3.32. The molecule has 0 saturated heterocycles. The third-order valence-corrected chi connectivity index (χ3v) is 3.07. The Balaban J connectivity index is 2.42. The summed E-state index contributed by atoms with van der Waals surface area (Å²) in [6.45, 7) is 0. The van der Waals surface area contributed by atoms with Gasteiger partial charge in [0.05, 0.1) is 24.3 Å². The number of hydrogen-bond acceptors (Lipinski definition) is 4. The fourth-order valence-corrected chi connectivity index (χ4v) is 1.97. The molecule has 4 nitrogen and oxygen atoms in total. The standard InChI is InChI=1S/C15H10BrNO3/c1-19-13-4-10(8-17)5-14(7-13)20-15-6-12(16)3-2-11(15)9-18/h2-7,9H,1H3. The molecule has 0 aromatic heterocycles. The summed E-state index contributed by atoms with van der Waals surface area (Å²) in [7, 11) is 1.51. The number of methoxy groups -OCH3 is 1. The summed E-state index contributed by atoms with van der Waals surface area (Å²) in [5.41, 5.74) is 0.844. The lowest BCUT2D eigenvalue weighted by Crippen LogP contribution is -1.92. The number of carbonyl (C=O) groups is 1. The van der Waals surface area contributed by atoms with Crippen LogP contribution in [0, 0.1) is 11.3 Å². The van der Waals surface area contributed by atoms with Crippen LogP contribution < -0.4 is 9.47 Å². The van der Waals surface area contributed by atoms with Crippen LogP contribution in [-0.2, 0) is 0 Å². The topological polar surface area (TPSA) is 59.3 Å². The van der Waals surface area contributed by atoms with E-state index in [-0.39, 0.29) is 0 Å². The van der Waals surface area contributed by atoms with Gasteiger partial charge in [-0.2, -0.15) is 5.26 Å². The Morgan fingerprint density at radius 2 is 1.95 bits per heavy atom. The van der Waals surface area contributed by atoms with Gasteiger partial charge in [0, 0.05) is 10.5 Å². The summed E-state index contributed by atoms with van der Waals surface area (Å²) in [5, 5.41) is 8.97. The van der Waals surface area contributed by atoms with Gasteiger partial charge in [-0.3, -0.25) is 4.79 Å². The molecule has 0 bridgehead atoms. The highest BCUT2D eigenvalue weighted by molar-refractivity contribution is 9.10. The molecule has 5 heteroatoms. The molecule has 0 fully saturated rings. The van der Waals surface area contributed by atoms with Crippen LogP contribution in [0.5, 0.6) is 17.2 Å². The first-order valence-corrected chi connectivity index (χ1v) is 6.47. The van der Waals surface area contributed by atoms with Gasteiger partial charge >= 0.3 is 0 Å². The van der Waals surface area contributed by atoms with E-state index in [1.807, 2.05) is 6.07 Å². The second-order valence-corrected chi connectivity index (χ2v) is 4.83. The largest absolute Gasteiger partial charge is 0.497 e. The van der Waals surface area contributed by atoms with Crippen molar-refractivity contribution in [1.82, 2.24) is 0 Å². The Hall–Kier alpha value is -2.32.